The Morgan fingerprint density at radius 3 is 2.92 bits per heavy atom. The zero-order chi connectivity index (χ0) is 17.2. The average Bonchev–Trinajstić information content (AvgIpc) is 3.22. The van der Waals surface area contributed by atoms with Crippen molar-refractivity contribution in [1.82, 2.24) is 19.7 Å². The van der Waals surface area contributed by atoms with Crippen molar-refractivity contribution >= 4 is 22.2 Å². The lowest BCUT2D eigenvalue weighted by molar-refractivity contribution is 0.0947. The van der Waals surface area contributed by atoms with Gasteiger partial charge in [0.15, 0.2) is 10.7 Å². The van der Waals surface area contributed by atoms with E-state index in [1.54, 1.807) is 30.6 Å². The molecule has 0 radical (unpaired) electrons. The van der Waals surface area contributed by atoms with Crippen molar-refractivity contribution in [1.29, 1.82) is 0 Å². The molecule has 0 saturated heterocycles. The molecule has 0 fully saturated rings. The number of imidazole rings is 1. The van der Waals surface area contributed by atoms with Crippen LogP contribution in [-0.2, 0) is 6.54 Å². The van der Waals surface area contributed by atoms with Crippen LogP contribution in [0.15, 0.2) is 60.4 Å². The van der Waals surface area contributed by atoms with Gasteiger partial charge in [-0.3, -0.25) is 14.2 Å². The third kappa shape index (κ3) is 2.89. The van der Waals surface area contributed by atoms with Gasteiger partial charge in [-0.15, -0.1) is 11.3 Å². The second-order valence-corrected chi connectivity index (χ2v) is 6.25. The monoisotopic (exact) mass is 352 g/mol. The van der Waals surface area contributed by atoms with E-state index in [4.69, 9.17) is 0 Å². The van der Waals surface area contributed by atoms with Gasteiger partial charge in [0.1, 0.15) is 5.82 Å². The van der Waals surface area contributed by atoms with Gasteiger partial charge in [-0.2, -0.15) is 0 Å². The second-order valence-electron chi connectivity index (χ2n) is 5.38. The molecule has 4 aromatic rings. The number of benzene rings is 1. The van der Waals surface area contributed by atoms with E-state index < -0.39 is 0 Å². The maximum atomic E-state index is 13.7. The van der Waals surface area contributed by atoms with Crippen LogP contribution in [0.1, 0.15) is 16.1 Å². The number of aromatic nitrogens is 3. The van der Waals surface area contributed by atoms with Gasteiger partial charge in [-0.05, 0) is 18.2 Å². The smallest absolute Gasteiger partial charge is 0.272 e. The number of nitrogens with one attached hydrogen (secondary N) is 1. The molecule has 4 rings (SSSR count). The average molecular weight is 352 g/mol. The molecule has 124 valence electrons. The molecular weight excluding hydrogens is 339 g/mol. The summed E-state index contributed by atoms with van der Waals surface area (Å²) in [6.07, 6.45) is 5.23. The molecule has 5 nitrogen and oxygen atoms in total. The number of pyridine rings is 1. The number of thiazole rings is 1. The van der Waals surface area contributed by atoms with E-state index >= 15 is 0 Å². The van der Waals surface area contributed by atoms with Crippen LogP contribution in [0.25, 0.3) is 16.2 Å². The lowest BCUT2D eigenvalue weighted by Gasteiger charge is -2.07. The molecule has 3 aromatic heterocycles. The van der Waals surface area contributed by atoms with Crippen LogP contribution >= 0.6 is 11.3 Å². The summed E-state index contributed by atoms with van der Waals surface area (Å²) in [6, 6.07) is 10.0. The van der Waals surface area contributed by atoms with Crippen molar-refractivity contribution in [2.24, 2.45) is 0 Å². The van der Waals surface area contributed by atoms with Crippen LogP contribution in [0.3, 0.4) is 0 Å². The van der Waals surface area contributed by atoms with Gasteiger partial charge in [0, 0.05) is 41.6 Å². The molecule has 0 bridgehead atoms. The molecule has 0 unspecified atom stereocenters. The summed E-state index contributed by atoms with van der Waals surface area (Å²) in [4.78, 5) is 21.9. The summed E-state index contributed by atoms with van der Waals surface area (Å²) in [6.45, 7) is 0.100. The van der Waals surface area contributed by atoms with Gasteiger partial charge < -0.3 is 5.32 Å². The minimum Gasteiger partial charge on any atom is -0.346 e. The zero-order valence-electron chi connectivity index (χ0n) is 13.0. The minimum absolute atomic E-state index is 0.100. The molecule has 1 N–H and O–H groups in total. The first-order chi connectivity index (χ1) is 12.2. The Morgan fingerprint density at radius 1 is 1.24 bits per heavy atom. The van der Waals surface area contributed by atoms with E-state index in [0.717, 1.165) is 10.5 Å². The van der Waals surface area contributed by atoms with Crippen LogP contribution in [0.2, 0.25) is 0 Å². The molecule has 7 heteroatoms. The molecule has 0 saturated carbocycles. The Balaban J connectivity index is 1.68. The molecule has 0 spiro atoms. The van der Waals surface area contributed by atoms with Gasteiger partial charge in [-0.25, -0.2) is 9.37 Å². The largest absolute Gasteiger partial charge is 0.346 e. The van der Waals surface area contributed by atoms with E-state index in [1.165, 1.54) is 17.4 Å². The number of hydrogen-bond acceptors (Lipinski definition) is 4. The summed E-state index contributed by atoms with van der Waals surface area (Å²) in [5.74, 6) is -0.695. The summed E-state index contributed by atoms with van der Waals surface area (Å²) >= 11 is 1.44. The van der Waals surface area contributed by atoms with Gasteiger partial charge in [-0.1, -0.05) is 18.2 Å². The van der Waals surface area contributed by atoms with Gasteiger partial charge in [0.05, 0.1) is 5.69 Å². The quantitative estimate of drug-likeness (QED) is 0.611. The number of halogens is 1. The highest BCUT2D eigenvalue weighted by Gasteiger charge is 2.21. The number of rotatable bonds is 4. The molecule has 0 aliphatic heterocycles. The molecule has 1 amide bonds. The van der Waals surface area contributed by atoms with Crippen LogP contribution in [0, 0.1) is 5.82 Å². The number of amides is 1. The summed E-state index contributed by atoms with van der Waals surface area (Å²) in [5, 5.41) is 4.65. The number of carbonyl (C=O) groups excluding carboxylic acids is 1. The van der Waals surface area contributed by atoms with E-state index in [2.05, 4.69) is 15.3 Å². The Hall–Kier alpha value is -3.06. The first kappa shape index (κ1) is 15.5. The van der Waals surface area contributed by atoms with Crippen LogP contribution in [0.5, 0.6) is 0 Å². The fourth-order valence-corrected chi connectivity index (χ4v) is 3.34. The molecule has 0 aliphatic carbocycles. The molecule has 0 aliphatic rings. The SMILES string of the molecule is O=C(NCc1ccccc1F)c1nc2sccn2c1-c1cccnc1. The third-order valence-corrected chi connectivity index (χ3v) is 4.57. The van der Waals surface area contributed by atoms with E-state index in [0.29, 0.717) is 17.0 Å². The van der Waals surface area contributed by atoms with Crippen molar-refractivity contribution < 1.29 is 9.18 Å². The molecular formula is C18H13FN4OS. The summed E-state index contributed by atoms with van der Waals surface area (Å²) < 4.78 is 15.6. The Labute approximate surface area is 146 Å². The first-order valence-electron chi connectivity index (χ1n) is 7.61. The highest BCUT2D eigenvalue weighted by Crippen LogP contribution is 2.27. The van der Waals surface area contributed by atoms with E-state index in [-0.39, 0.29) is 18.3 Å². The standard InChI is InChI=1S/C18H13FN4OS/c19-14-6-2-1-4-12(14)11-21-17(24)15-16(13-5-3-7-20-10-13)23-8-9-25-18(23)22-15/h1-10H,11H2,(H,21,24). The fraction of sp³-hybridized carbons (Fsp3) is 0.0556. The van der Waals surface area contributed by atoms with Crippen molar-refractivity contribution in [2.45, 2.75) is 6.54 Å². The van der Waals surface area contributed by atoms with Gasteiger partial charge in [0.25, 0.3) is 5.91 Å². The topological polar surface area (TPSA) is 59.3 Å². The van der Waals surface area contributed by atoms with Crippen molar-refractivity contribution in [3.8, 4) is 11.3 Å². The predicted molar refractivity (Wildman–Crippen MR) is 93.9 cm³/mol. The number of nitrogens with zero attached hydrogens (tertiary/aromatic N) is 3. The maximum Gasteiger partial charge on any atom is 0.272 e. The van der Waals surface area contributed by atoms with Crippen LogP contribution in [0.4, 0.5) is 4.39 Å². The number of carbonyl (C=O) groups is 1. The lowest BCUT2D eigenvalue weighted by Crippen LogP contribution is -2.24. The number of fused-ring (bicyclic) bond motifs is 1. The molecule has 3 heterocycles. The zero-order valence-corrected chi connectivity index (χ0v) is 13.8. The highest BCUT2D eigenvalue weighted by atomic mass is 32.1. The van der Waals surface area contributed by atoms with Crippen LogP contribution in [-0.4, -0.2) is 20.3 Å². The van der Waals surface area contributed by atoms with Crippen LogP contribution < -0.4 is 5.32 Å². The van der Waals surface area contributed by atoms with Crippen molar-refractivity contribution in [3.05, 3.63) is 77.4 Å². The molecule has 0 atom stereocenters. The minimum atomic E-state index is -0.349. The summed E-state index contributed by atoms with van der Waals surface area (Å²) in [7, 11) is 0. The Bertz CT molecular complexity index is 1040. The van der Waals surface area contributed by atoms with Crippen molar-refractivity contribution in [2.75, 3.05) is 0 Å². The summed E-state index contributed by atoms with van der Waals surface area (Å²) in [5.41, 5.74) is 2.20. The van der Waals surface area contributed by atoms with Crippen molar-refractivity contribution in [3.63, 3.8) is 0 Å². The van der Waals surface area contributed by atoms with Gasteiger partial charge >= 0.3 is 0 Å². The normalized spacial score (nSPS) is 10.9. The Kier molecular flexibility index (Phi) is 3.99. The Morgan fingerprint density at radius 2 is 2.12 bits per heavy atom. The predicted octanol–water partition coefficient (Wildman–Crippen LogP) is 3.53. The third-order valence-electron chi connectivity index (χ3n) is 3.81. The number of hydrogen-bond donors (Lipinski definition) is 1. The van der Waals surface area contributed by atoms with E-state index in [1.807, 2.05) is 28.1 Å². The van der Waals surface area contributed by atoms with E-state index in [9.17, 15) is 9.18 Å². The fourth-order valence-electron chi connectivity index (χ4n) is 2.62. The molecule has 1 aromatic carbocycles. The van der Waals surface area contributed by atoms with Gasteiger partial charge in [0.2, 0.25) is 0 Å². The lowest BCUT2D eigenvalue weighted by atomic mass is 10.1. The second kappa shape index (κ2) is 6.45. The first-order valence-corrected chi connectivity index (χ1v) is 8.49. The molecule has 25 heavy (non-hydrogen) atoms. The highest BCUT2D eigenvalue weighted by molar-refractivity contribution is 7.15. The maximum absolute atomic E-state index is 13.7.